The van der Waals surface area contributed by atoms with E-state index >= 15 is 0 Å². The van der Waals surface area contributed by atoms with Crippen LogP contribution >= 0.6 is 0 Å². The van der Waals surface area contributed by atoms with Crippen molar-refractivity contribution in [3.8, 4) is 0 Å². The molecule has 2 amide bonds. The number of nitrogens with one attached hydrogen (secondary N) is 1. The average Bonchev–Trinajstić information content (AvgIpc) is 3.36. The van der Waals surface area contributed by atoms with E-state index in [1.165, 1.54) is 0 Å². The van der Waals surface area contributed by atoms with Gasteiger partial charge in [-0.3, -0.25) is 4.99 Å². The van der Waals surface area contributed by atoms with E-state index in [9.17, 15) is 13.4 Å². The molecule has 1 aromatic rings. The maximum atomic E-state index is 14.7. The number of hydrogen-bond donors (Lipinski definition) is 2. The molecule has 0 bridgehead atoms. The highest BCUT2D eigenvalue weighted by molar-refractivity contribution is 7.80. The largest absolute Gasteiger partial charge is 0.479 e. The zero-order chi connectivity index (χ0) is 19.7. The summed E-state index contributed by atoms with van der Waals surface area (Å²) in [5, 5.41) is 2.77. The topological polar surface area (TPSA) is 106 Å². The quantitative estimate of drug-likeness (QED) is 0.754. The summed E-state index contributed by atoms with van der Waals surface area (Å²) in [6.07, 6.45) is 6.39. The maximum absolute atomic E-state index is 14.7. The smallest absolute Gasteiger partial charge is 0.322 e. The molecule has 4 rings (SSSR count). The van der Waals surface area contributed by atoms with Crippen LogP contribution in [0.15, 0.2) is 20.5 Å². The van der Waals surface area contributed by atoms with Gasteiger partial charge in [0.05, 0.1) is 6.61 Å². The molecule has 1 aliphatic heterocycles. The molecule has 2 aliphatic carbocycles. The highest BCUT2D eigenvalue weighted by Gasteiger charge is 2.29. The van der Waals surface area contributed by atoms with Gasteiger partial charge in [0.2, 0.25) is 0 Å². The number of nitrogens with zero attached hydrogens (tertiary/aromatic N) is 2. The van der Waals surface area contributed by atoms with Gasteiger partial charge in [-0.25, -0.2) is 9.18 Å². The van der Waals surface area contributed by atoms with E-state index in [1.807, 2.05) is 0 Å². The van der Waals surface area contributed by atoms with Gasteiger partial charge in [-0.15, -0.1) is 10.6 Å². The third-order valence-electron chi connectivity index (χ3n) is 5.31. The molecule has 9 heteroatoms. The lowest BCUT2D eigenvalue weighted by atomic mass is 9.98. The number of amides is 2. The highest BCUT2D eigenvalue weighted by Crippen LogP contribution is 2.41. The number of anilines is 1. The number of nitrogens with two attached hydrogens (primary N) is 1. The van der Waals surface area contributed by atoms with Crippen molar-refractivity contribution in [3.05, 3.63) is 39.2 Å². The summed E-state index contributed by atoms with van der Waals surface area (Å²) in [6, 6.07) is -0.746. The minimum absolute atomic E-state index is 0.0735. The van der Waals surface area contributed by atoms with E-state index in [-0.39, 0.29) is 16.6 Å². The van der Waals surface area contributed by atoms with E-state index in [0.717, 1.165) is 49.4 Å². The highest BCUT2D eigenvalue weighted by atomic mass is 32.2. The molecule has 0 fully saturated rings. The van der Waals surface area contributed by atoms with Crippen LogP contribution in [0.25, 0.3) is 0 Å². The minimum Gasteiger partial charge on any atom is -0.479 e. The first-order chi connectivity index (χ1) is 13.6. The summed E-state index contributed by atoms with van der Waals surface area (Å²) in [4.78, 5) is 16.7. The number of carbonyl (C=O) groups is 1. The third kappa shape index (κ3) is 3.39. The van der Waals surface area contributed by atoms with Crippen molar-refractivity contribution in [1.82, 2.24) is 0 Å². The van der Waals surface area contributed by atoms with E-state index in [4.69, 9.17) is 10.5 Å². The molecule has 0 aromatic heterocycles. The Morgan fingerprint density at radius 1 is 1.14 bits per heavy atom. The third-order valence-corrected chi connectivity index (χ3v) is 6.33. The predicted octanol–water partition coefficient (Wildman–Crippen LogP) is 3.10. The van der Waals surface area contributed by atoms with Gasteiger partial charge in [-0.1, -0.05) is 0 Å². The number of aliphatic imine (C=N–C) groups is 1. The Balaban J connectivity index is 1.62. The van der Waals surface area contributed by atoms with E-state index in [0.29, 0.717) is 42.8 Å². The van der Waals surface area contributed by atoms with Crippen molar-refractivity contribution in [1.29, 1.82) is 0 Å². The van der Waals surface area contributed by atoms with Crippen LogP contribution in [0.3, 0.4) is 0 Å². The Labute approximate surface area is 164 Å². The number of rotatable bonds is 3. The number of halogens is 1. The van der Waals surface area contributed by atoms with Gasteiger partial charge in [-0.2, -0.15) is 0 Å². The van der Waals surface area contributed by atoms with Gasteiger partial charge >= 0.3 is 6.03 Å². The molecule has 0 radical (unpaired) electrons. The Bertz CT molecular complexity index is 945. The molecule has 0 saturated heterocycles. The van der Waals surface area contributed by atoms with Crippen molar-refractivity contribution in [2.75, 3.05) is 18.5 Å². The first-order valence-corrected chi connectivity index (χ1v) is 10.6. The molecule has 1 aromatic carbocycles. The molecule has 0 atom stereocenters. The van der Waals surface area contributed by atoms with Crippen LogP contribution in [0, 0.1) is 5.82 Å². The lowest BCUT2D eigenvalue weighted by molar-refractivity contribution is 0.260. The number of ether oxygens (including phenoxy) is 1. The normalized spacial score (nSPS) is 19.6. The van der Waals surface area contributed by atoms with Crippen LogP contribution in [-0.2, 0) is 45.2 Å². The van der Waals surface area contributed by atoms with Crippen LogP contribution in [0.5, 0.6) is 0 Å². The standard InChI is InChI=1S/C19H22FN4O3S/c20-16-11-4-1-6-13(11)17(14-7-2-5-12(14)16)23-19(25)24-28(26)15(10-21)18-22-8-3-9-27-18/h10H,1-9,21H2,(H,23,25)/q-1. The molecule has 150 valence electrons. The molecule has 3 N–H and O–H groups in total. The van der Waals surface area contributed by atoms with Crippen LogP contribution in [0.2, 0.25) is 0 Å². The Hall–Kier alpha value is -2.42. The number of carbonyl (C=O) groups excluding carboxylic acids is 1. The monoisotopic (exact) mass is 405 g/mol. The van der Waals surface area contributed by atoms with Crippen molar-refractivity contribution in [2.24, 2.45) is 15.1 Å². The first kappa shape index (κ1) is 18.9. The molecule has 28 heavy (non-hydrogen) atoms. The van der Waals surface area contributed by atoms with Gasteiger partial charge in [0.1, 0.15) is 5.82 Å². The SMILES string of the molecule is NC=C(C1=NCCCO1)[S-](=O)=NC(=O)Nc1c2c(c(F)c3c1CCC3)CCC2. The predicted molar refractivity (Wildman–Crippen MR) is 105 cm³/mol. The fourth-order valence-corrected chi connectivity index (χ4v) is 4.79. The summed E-state index contributed by atoms with van der Waals surface area (Å²) in [6.45, 7) is 0.997. The van der Waals surface area contributed by atoms with E-state index in [1.54, 1.807) is 0 Å². The lowest BCUT2D eigenvalue weighted by Gasteiger charge is -2.19. The molecule has 7 nitrogen and oxygen atoms in total. The number of urea groups is 1. The van der Waals surface area contributed by atoms with Crippen LogP contribution in [0.4, 0.5) is 14.9 Å². The van der Waals surface area contributed by atoms with Crippen LogP contribution in [-0.4, -0.2) is 25.1 Å². The zero-order valence-electron chi connectivity index (χ0n) is 15.4. The van der Waals surface area contributed by atoms with Gasteiger partial charge < -0.3 is 24.4 Å². The Morgan fingerprint density at radius 2 is 1.79 bits per heavy atom. The Kier molecular flexibility index (Phi) is 5.34. The lowest BCUT2D eigenvalue weighted by Crippen LogP contribution is -2.18. The summed E-state index contributed by atoms with van der Waals surface area (Å²) in [7, 11) is -2.04. The number of fused-ring (bicyclic) bond motifs is 2. The van der Waals surface area contributed by atoms with Gasteiger partial charge in [0.25, 0.3) is 0 Å². The zero-order valence-corrected chi connectivity index (χ0v) is 16.2. The number of hydrogen-bond acceptors (Lipinski definition) is 6. The summed E-state index contributed by atoms with van der Waals surface area (Å²) >= 11 is 0. The van der Waals surface area contributed by atoms with Crippen molar-refractivity contribution >= 4 is 28.2 Å². The molecular formula is C19H22FN4O3S-. The summed E-state index contributed by atoms with van der Waals surface area (Å²) in [5.74, 6) is 0.0477. The fourth-order valence-electron chi connectivity index (χ4n) is 4.11. The molecule has 0 spiro atoms. The second kappa shape index (κ2) is 7.90. The van der Waals surface area contributed by atoms with Gasteiger partial charge in [0.15, 0.2) is 5.90 Å². The van der Waals surface area contributed by atoms with Crippen molar-refractivity contribution in [2.45, 2.75) is 44.9 Å². The van der Waals surface area contributed by atoms with Crippen molar-refractivity contribution < 1.29 is 18.1 Å². The van der Waals surface area contributed by atoms with Gasteiger partial charge in [-0.05, 0) is 71.9 Å². The fraction of sp³-hybridized carbons (Fsp3) is 0.474. The summed E-state index contributed by atoms with van der Waals surface area (Å²) < 4.78 is 36.3. The van der Waals surface area contributed by atoms with Crippen LogP contribution in [0.1, 0.15) is 41.5 Å². The van der Waals surface area contributed by atoms with E-state index in [2.05, 4.69) is 14.7 Å². The molecule has 3 aliphatic rings. The summed E-state index contributed by atoms with van der Waals surface area (Å²) in [5.41, 5.74) is 9.29. The number of benzene rings is 1. The molecule has 0 saturated carbocycles. The molecular weight excluding hydrogens is 383 g/mol. The minimum atomic E-state index is -2.04. The van der Waals surface area contributed by atoms with Gasteiger partial charge in [0, 0.05) is 18.7 Å². The first-order valence-electron chi connectivity index (χ1n) is 9.49. The molecule has 1 heterocycles. The second-order valence-corrected chi connectivity index (χ2v) is 8.12. The Morgan fingerprint density at radius 3 is 2.36 bits per heavy atom. The van der Waals surface area contributed by atoms with E-state index < -0.39 is 16.6 Å². The second-order valence-electron chi connectivity index (χ2n) is 7.00. The average molecular weight is 405 g/mol. The maximum Gasteiger partial charge on any atom is 0.322 e. The molecule has 0 unspecified atom stereocenters. The van der Waals surface area contributed by atoms with Crippen molar-refractivity contribution in [3.63, 3.8) is 0 Å². The van der Waals surface area contributed by atoms with Crippen LogP contribution < -0.4 is 11.1 Å².